The second-order valence-electron chi connectivity index (χ2n) is 7.36. The Morgan fingerprint density at radius 2 is 2.04 bits per heavy atom. The molecule has 0 unspecified atom stereocenters. The lowest BCUT2D eigenvalue weighted by atomic mass is 9.96. The minimum atomic E-state index is -1.66. The first kappa shape index (κ1) is 21.7. The number of halogens is 1. The lowest BCUT2D eigenvalue weighted by Crippen LogP contribution is -2.55. The third-order valence-electron chi connectivity index (χ3n) is 5.20. The Morgan fingerprint density at radius 1 is 1.41 bits per heavy atom. The van der Waals surface area contributed by atoms with E-state index in [1.165, 1.54) is 0 Å². The molecular weight excluding hydrogens is 368 g/mol. The molecular formula is C20H29ClN2O4. The highest BCUT2D eigenvalue weighted by Crippen LogP contribution is 2.32. The molecule has 3 N–H and O–H groups in total. The van der Waals surface area contributed by atoms with Gasteiger partial charge in [0.25, 0.3) is 11.5 Å². The fourth-order valence-corrected chi connectivity index (χ4v) is 3.75. The first-order chi connectivity index (χ1) is 12.7. The lowest BCUT2D eigenvalue weighted by Gasteiger charge is -2.32. The number of aromatic nitrogens is 1. The zero-order valence-electron chi connectivity index (χ0n) is 16.2. The Hall–Kier alpha value is -1.63. The normalized spacial score (nSPS) is 16.8. The molecule has 1 saturated carbocycles. The van der Waals surface area contributed by atoms with Gasteiger partial charge in [-0.15, -0.1) is 0 Å². The molecule has 0 radical (unpaired) electrons. The largest absolute Gasteiger partial charge is 0.366 e. The fraction of sp³-hybridized carbons (Fsp3) is 0.600. The number of aliphatic hydroxyl groups excluding tert-OH is 1. The predicted molar refractivity (Wildman–Crippen MR) is 107 cm³/mol. The number of carbonyl (C=O) groups excluding carboxylic acids is 1. The minimum absolute atomic E-state index is 0.0138. The lowest BCUT2D eigenvalue weighted by molar-refractivity contribution is -0.103. The first-order valence-electron chi connectivity index (χ1n) is 9.48. The van der Waals surface area contributed by atoms with E-state index in [1.54, 1.807) is 23.6 Å². The van der Waals surface area contributed by atoms with E-state index in [2.05, 4.69) is 5.32 Å². The quantitative estimate of drug-likeness (QED) is 0.618. The zero-order chi connectivity index (χ0) is 20.2. The van der Waals surface area contributed by atoms with Gasteiger partial charge in [-0.3, -0.25) is 9.59 Å². The van der Waals surface area contributed by atoms with Crippen LogP contribution in [-0.2, 0) is 6.54 Å². The monoisotopic (exact) mass is 396 g/mol. The van der Waals surface area contributed by atoms with Crippen molar-refractivity contribution in [1.29, 1.82) is 0 Å². The molecule has 7 heteroatoms. The molecule has 0 atom stereocenters. The summed E-state index contributed by atoms with van der Waals surface area (Å²) in [6, 6.07) is 1.55. The molecule has 1 fully saturated rings. The number of hydrogen-bond acceptors (Lipinski definition) is 4. The Balaban J connectivity index is 2.47. The van der Waals surface area contributed by atoms with Crippen molar-refractivity contribution >= 4 is 23.6 Å². The maximum absolute atomic E-state index is 13.0. The molecule has 0 bridgehead atoms. The average molecular weight is 397 g/mol. The van der Waals surface area contributed by atoms with Crippen LogP contribution in [0.1, 0.15) is 74.0 Å². The van der Waals surface area contributed by atoms with Crippen LogP contribution in [0.2, 0.25) is 0 Å². The Bertz CT molecular complexity index is 773. The molecule has 1 heterocycles. The van der Waals surface area contributed by atoms with Gasteiger partial charge in [-0.2, -0.15) is 0 Å². The highest BCUT2D eigenvalue weighted by Gasteiger charge is 2.41. The molecule has 150 valence electrons. The van der Waals surface area contributed by atoms with Gasteiger partial charge in [0.2, 0.25) is 0 Å². The second-order valence-corrected chi connectivity index (χ2v) is 7.95. The highest BCUT2D eigenvalue weighted by atomic mass is 35.5. The summed E-state index contributed by atoms with van der Waals surface area (Å²) in [6.07, 6.45) is 4.33. The molecule has 2 rings (SSSR count). The highest BCUT2D eigenvalue weighted by molar-refractivity contribution is 6.31. The van der Waals surface area contributed by atoms with Crippen LogP contribution < -0.4 is 10.9 Å². The summed E-state index contributed by atoms with van der Waals surface area (Å²) in [5.41, 5.74) is -0.0101. The summed E-state index contributed by atoms with van der Waals surface area (Å²) in [4.78, 5) is 25.9. The van der Waals surface area contributed by atoms with Gasteiger partial charge in [-0.1, -0.05) is 37.8 Å². The van der Waals surface area contributed by atoms with Crippen LogP contribution in [-0.4, -0.2) is 32.5 Å². The minimum Gasteiger partial charge on any atom is -0.366 e. The molecule has 1 aliphatic carbocycles. The van der Waals surface area contributed by atoms with Crippen LogP contribution in [0.4, 0.5) is 0 Å². The summed E-state index contributed by atoms with van der Waals surface area (Å²) >= 11 is 6.02. The van der Waals surface area contributed by atoms with E-state index in [9.17, 15) is 19.8 Å². The number of aryl methyl sites for hydroxylation is 1. The molecule has 0 aromatic carbocycles. The smallest absolute Gasteiger partial charge is 0.263 e. The van der Waals surface area contributed by atoms with Gasteiger partial charge in [0, 0.05) is 17.3 Å². The number of unbranched alkanes of at least 4 members (excludes halogenated alkanes) is 1. The Labute approximate surface area is 164 Å². The Kier molecular flexibility index (Phi) is 7.25. The molecule has 6 nitrogen and oxygen atoms in total. The summed E-state index contributed by atoms with van der Waals surface area (Å²) in [5.74, 6) is -0.568. The Morgan fingerprint density at radius 3 is 2.56 bits per heavy atom. The van der Waals surface area contributed by atoms with E-state index in [0.29, 0.717) is 30.1 Å². The molecule has 0 spiro atoms. The summed E-state index contributed by atoms with van der Waals surface area (Å²) < 4.78 is 1.58. The van der Waals surface area contributed by atoms with Crippen LogP contribution in [0.25, 0.3) is 6.08 Å². The molecule has 0 saturated heterocycles. The number of nitrogens with one attached hydrogen (secondary N) is 1. The van der Waals surface area contributed by atoms with Gasteiger partial charge >= 0.3 is 0 Å². The summed E-state index contributed by atoms with van der Waals surface area (Å²) in [7, 11) is 0. The molecule has 0 aliphatic heterocycles. The number of aliphatic hydroxyl groups is 2. The number of pyridine rings is 1. The molecule has 1 aromatic rings. The molecule has 1 aromatic heterocycles. The van der Waals surface area contributed by atoms with Crippen molar-refractivity contribution in [3.05, 3.63) is 38.3 Å². The topological polar surface area (TPSA) is 91.6 Å². The maximum Gasteiger partial charge on any atom is 0.263 e. The fourth-order valence-electron chi connectivity index (χ4n) is 3.65. The SMILES string of the molecule is CCCCn1c(/C=C(\C)Cl)c(C)cc(C(=O)NC2(C(O)O)CCCC2)c1=O. The van der Waals surface area contributed by atoms with Gasteiger partial charge in [0.1, 0.15) is 5.56 Å². The third-order valence-corrected chi connectivity index (χ3v) is 5.31. The van der Waals surface area contributed by atoms with Crippen molar-refractivity contribution in [2.24, 2.45) is 0 Å². The van der Waals surface area contributed by atoms with Crippen LogP contribution in [0.3, 0.4) is 0 Å². The van der Waals surface area contributed by atoms with E-state index >= 15 is 0 Å². The second kappa shape index (κ2) is 9.04. The number of amides is 1. The number of rotatable bonds is 7. The van der Waals surface area contributed by atoms with Gasteiger partial charge in [-0.05, 0) is 50.8 Å². The van der Waals surface area contributed by atoms with E-state index < -0.39 is 23.3 Å². The first-order valence-corrected chi connectivity index (χ1v) is 9.86. The van der Waals surface area contributed by atoms with Gasteiger partial charge < -0.3 is 20.1 Å². The van der Waals surface area contributed by atoms with E-state index in [1.807, 2.05) is 13.8 Å². The van der Waals surface area contributed by atoms with Crippen molar-refractivity contribution in [3.63, 3.8) is 0 Å². The molecule has 27 heavy (non-hydrogen) atoms. The third kappa shape index (κ3) is 4.81. The van der Waals surface area contributed by atoms with E-state index in [-0.39, 0.29) is 5.56 Å². The number of nitrogens with zero attached hydrogens (tertiary/aromatic N) is 1. The van der Waals surface area contributed by atoms with Crippen molar-refractivity contribution in [1.82, 2.24) is 9.88 Å². The molecule has 1 amide bonds. The number of hydrogen-bond donors (Lipinski definition) is 3. The maximum atomic E-state index is 13.0. The standard InChI is InChI=1S/C20H29ClN2O4/c1-4-5-10-23-16(12-14(3)21)13(2)11-15(18(23)25)17(24)22-20(19(26)27)8-6-7-9-20/h11-12,19,26-27H,4-10H2,1-3H3,(H,22,24)/b14-12+. The molecule has 1 aliphatic rings. The zero-order valence-corrected chi connectivity index (χ0v) is 17.0. The van der Waals surface area contributed by atoms with E-state index in [0.717, 1.165) is 31.2 Å². The number of allylic oxidation sites excluding steroid dienone is 1. The summed E-state index contributed by atoms with van der Waals surface area (Å²) in [5, 5.41) is 22.8. The van der Waals surface area contributed by atoms with Crippen molar-refractivity contribution in [2.75, 3.05) is 0 Å². The van der Waals surface area contributed by atoms with Crippen molar-refractivity contribution < 1.29 is 15.0 Å². The van der Waals surface area contributed by atoms with E-state index in [4.69, 9.17) is 11.6 Å². The van der Waals surface area contributed by atoms with Crippen LogP contribution in [0.5, 0.6) is 0 Å². The van der Waals surface area contributed by atoms with Crippen LogP contribution >= 0.6 is 11.6 Å². The van der Waals surface area contributed by atoms with Crippen LogP contribution in [0, 0.1) is 6.92 Å². The van der Waals surface area contributed by atoms with Gasteiger partial charge in [0.15, 0.2) is 6.29 Å². The average Bonchev–Trinajstić information content (AvgIpc) is 3.07. The van der Waals surface area contributed by atoms with Crippen molar-refractivity contribution in [3.8, 4) is 0 Å². The van der Waals surface area contributed by atoms with Gasteiger partial charge in [0.05, 0.1) is 5.54 Å². The number of carbonyl (C=O) groups is 1. The van der Waals surface area contributed by atoms with Crippen LogP contribution in [0.15, 0.2) is 15.9 Å². The predicted octanol–water partition coefficient (Wildman–Crippen LogP) is 2.91. The summed E-state index contributed by atoms with van der Waals surface area (Å²) in [6.45, 7) is 6.09. The van der Waals surface area contributed by atoms with Gasteiger partial charge in [-0.25, -0.2) is 0 Å². The van der Waals surface area contributed by atoms with Crippen molar-refractivity contribution in [2.45, 2.75) is 77.7 Å².